The molecule has 0 atom stereocenters. The number of nitriles is 1. The average Bonchev–Trinajstić information content (AvgIpc) is 2.81. The third-order valence-electron chi connectivity index (χ3n) is 4.60. The van der Waals surface area contributed by atoms with Crippen LogP contribution in [0.1, 0.15) is 25.0 Å². The van der Waals surface area contributed by atoms with Crippen LogP contribution in [-0.4, -0.2) is 43.3 Å². The van der Waals surface area contributed by atoms with E-state index >= 15 is 0 Å². The van der Waals surface area contributed by atoms with Gasteiger partial charge in [-0.05, 0) is 47.9 Å². The van der Waals surface area contributed by atoms with Crippen molar-refractivity contribution in [1.29, 1.82) is 5.26 Å². The number of anilines is 2. The minimum Gasteiger partial charge on any atom is -0.492 e. The van der Waals surface area contributed by atoms with E-state index in [0.29, 0.717) is 46.7 Å². The molecule has 178 valence electrons. The SMILES string of the molecule is CC(C)COc1ccc(-c2ccnc(Nc3cccc(CS(=O)(=O)NCCO)c3)n2)cc1C#N. The van der Waals surface area contributed by atoms with Crippen molar-refractivity contribution in [3.8, 4) is 23.1 Å². The Morgan fingerprint density at radius 1 is 1.18 bits per heavy atom. The smallest absolute Gasteiger partial charge is 0.227 e. The summed E-state index contributed by atoms with van der Waals surface area (Å²) in [6.07, 6.45) is 1.60. The van der Waals surface area contributed by atoms with E-state index in [0.717, 1.165) is 5.56 Å². The average molecular weight is 482 g/mol. The summed E-state index contributed by atoms with van der Waals surface area (Å²) in [5, 5.41) is 21.4. The maximum atomic E-state index is 12.1. The van der Waals surface area contributed by atoms with Crippen LogP contribution >= 0.6 is 0 Å². The van der Waals surface area contributed by atoms with Gasteiger partial charge in [0.2, 0.25) is 16.0 Å². The molecule has 0 aliphatic heterocycles. The molecule has 3 rings (SSSR count). The molecule has 9 nitrogen and oxygen atoms in total. The molecule has 2 aromatic carbocycles. The van der Waals surface area contributed by atoms with E-state index < -0.39 is 10.0 Å². The number of sulfonamides is 1. The zero-order valence-corrected chi connectivity index (χ0v) is 19.8. The largest absolute Gasteiger partial charge is 0.492 e. The van der Waals surface area contributed by atoms with E-state index in [1.807, 2.05) is 19.9 Å². The van der Waals surface area contributed by atoms with E-state index in [9.17, 15) is 13.7 Å². The Morgan fingerprint density at radius 3 is 2.74 bits per heavy atom. The summed E-state index contributed by atoms with van der Waals surface area (Å²) in [5.41, 5.74) is 2.99. The minimum absolute atomic E-state index is 0.0285. The standard InChI is InChI=1S/C24H27N5O4S/c1-17(2)15-33-23-7-6-19(13-20(23)14-25)22-8-9-26-24(29-22)28-21-5-3-4-18(12-21)16-34(31,32)27-10-11-30/h3-9,12-13,17,27,30H,10-11,15-16H2,1-2H3,(H,26,28,29). The Hall–Kier alpha value is -3.52. The number of nitrogens with one attached hydrogen (secondary N) is 2. The van der Waals surface area contributed by atoms with E-state index in [2.05, 4.69) is 26.1 Å². The van der Waals surface area contributed by atoms with Crippen molar-refractivity contribution >= 4 is 21.7 Å². The summed E-state index contributed by atoms with van der Waals surface area (Å²) in [6.45, 7) is 4.31. The molecule has 1 heterocycles. The molecule has 10 heteroatoms. The van der Waals surface area contributed by atoms with Gasteiger partial charge in [-0.3, -0.25) is 0 Å². The summed E-state index contributed by atoms with van der Waals surface area (Å²) >= 11 is 0. The van der Waals surface area contributed by atoms with Crippen LogP contribution in [0.3, 0.4) is 0 Å². The number of aromatic nitrogens is 2. The van der Waals surface area contributed by atoms with Gasteiger partial charge in [0, 0.05) is 24.0 Å². The highest BCUT2D eigenvalue weighted by Gasteiger charge is 2.12. The van der Waals surface area contributed by atoms with Crippen LogP contribution in [0.15, 0.2) is 54.7 Å². The van der Waals surface area contributed by atoms with Crippen molar-refractivity contribution in [2.24, 2.45) is 5.92 Å². The van der Waals surface area contributed by atoms with E-state index in [4.69, 9.17) is 9.84 Å². The van der Waals surface area contributed by atoms with Crippen LogP contribution in [0.4, 0.5) is 11.6 Å². The third-order valence-corrected chi connectivity index (χ3v) is 5.95. The van der Waals surface area contributed by atoms with Gasteiger partial charge in [-0.15, -0.1) is 0 Å². The van der Waals surface area contributed by atoms with Crippen LogP contribution in [0.5, 0.6) is 5.75 Å². The zero-order chi connectivity index (χ0) is 24.6. The van der Waals surface area contributed by atoms with E-state index in [-0.39, 0.29) is 18.9 Å². The normalized spacial score (nSPS) is 11.3. The Labute approximate surface area is 199 Å². The highest BCUT2D eigenvalue weighted by molar-refractivity contribution is 7.88. The highest BCUT2D eigenvalue weighted by atomic mass is 32.2. The topological polar surface area (TPSA) is 137 Å². The first-order valence-corrected chi connectivity index (χ1v) is 12.4. The molecule has 3 N–H and O–H groups in total. The van der Waals surface area contributed by atoms with E-state index in [1.165, 1.54) is 0 Å². The lowest BCUT2D eigenvalue weighted by Gasteiger charge is -2.12. The molecule has 3 aromatic rings. The molecular formula is C24H27N5O4S. The molecule has 0 radical (unpaired) electrons. The second-order valence-electron chi connectivity index (χ2n) is 8.00. The molecule has 0 spiro atoms. The van der Waals surface area contributed by atoms with Crippen molar-refractivity contribution in [3.05, 3.63) is 65.9 Å². The predicted octanol–water partition coefficient (Wildman–Crippen LogP) is 3.21. The molecule has 0 bridgehead atoms. The molecule has 0 saturated carbocycles. The summed E-state index contributed by atoms with van der Waals surface area (Å²) in [6, 6.07) is 16.2. The number of hydrogen-bond acceptors (Lipinski definition) is 8. The summed E-state index contributed by atoms with van der Waals surface area (Å²) < 4.78 is 32.2. The molecule has 0 saturated heterocycles. The highest BCUT2D eigenvalue weighted by Crippen LogP contribution is 2.26. The van der Waals surface area contributed by atoms with Crippen molar-refractivity contribution in [3.63, 3.8) is 0 Å². The zero-order valence-electron chi connectivity index (χ0n) is 19.0. The Morgan fingerprint density at radius 2 is 2.00 bits per heavy atom. The van der Waals surface area contributed by atoms with Gasteiger partial charge in [-0.1, -0.05) is 26.0 Å². The Kier molecular flexibility index (Phi) is 8.54. The predicted molar refractivity (Wildman–Crippen MR) is 130 cm³/mol. The van der Waals surface area contributed by atoms with Crippen LogP contribution in [0.25, 0.3) is 11.3 Å². The second-order valence-corrected chi connectivity index (χ2v) is 9.80. The monoisotopic (exact) mass is 481 g/mol. The minimum atomic E-state index is -3.55. The van der Waals surface area contributed by atoms with Gasteiger partial charge in [-0.2, -0.15) is 5.26 Å². The Bertz CT molecular complexity index is 1270. The lowest BCUT2D eigenvalue weighted by atomic mass is 10.1. The number of benzene rings is 2. The summed E-state index contributed by atoms with van der Waals surface area (Å²) in [7, 11) is -3.55. The fraction of sp³-hybridized carbons (Fsp3) is 0.292. The first-order valence-electron chi connectivity index (χ1n) is 10.7. The molecule has 0 aliphatic carbocycles. The number of hydrogen-bond donors (Lipinski definition) is 3. The van der Waals surface area contributed by atoms with Crippen molar-refractivity contribution in [1.82, 2.24) is 14.7 Å². The molecule has 34 heavy (non-hydrogen) atoms. The lowest BCUT2D eigenvalue weighted by molar-refractivity contribution is 0.270. The van der Waals surface area contributed by atoms with Gasteiger partial charge < -0.3 is 15.2 Å². The lowest BCUT2D eigenvalue weighted by Crippen LogP contribution is -2.27. The van der Waals surface area contributed by atoms with Gasteiger partial charge in [0.25, 0.3) is 0 Å². The fourth-order valence-electron chi connectivity index (χ4n) is 3.08. The second kappa shape index (κ2) is 11.6. The first kappa shape index (κ1) is 25.1. The number of aliphatic hydroxyl groups is 1. The quantitative estimate of drug-likeness (QED) is 0.380. The molecule has 0 aliphatic rings. The van der Waals surface area contributed by atoms with Crippen LogP contribution in [-0.2, 0) is 15.8 Å². The number of rotatable bonds is 11. The molecule has 0 unspecified atom stereocenters. The maximum Gasteiger partial charge on any atom is 0.227 e. The van der Waals surface area contributed by atoms with Gasteiger partial charge >= 0.3 is 0 Å². The van der Waals surface area contributed by atoms with Crippen molar-refractivity contribution in [2.75, 3.05) is 25.1 Å². The van der Waals surface area contributed by atoms with Crippen molar-refractivity contribution in [2.45, 2.75) is 19.6 Å². The molecule has 1 aromatic heterocycles. The fourth-order valence-corrected chi connectivity index (χ4v) is 4.20. The number of nitrogens with zero attached hydrogens (tertiary/aromatic N) is 3. The van der Waals surface area contributed by atoms with Gasteiger partial charge in [0.05, 0.1) is 30.2 Å². The van der Waals surface area contributed by atoms with Gasteiger partial charge in [-0.25, -0.2) is 23.1 Å². The first-order chi connectivity index (χ1) is 16.3. The summed E-state index contributed by atoms with van der Waals surface area (Å²) in [4.78, 5) is 8.78. The number of ether oxygens (including phenoxy) is 1. The van der Waals surface area contributed by atoms with Gasteiger partial charge in [0.1, 0.15) is 11.8 Å². The Balaban J connectivity index is 1.77. The molecule has 0 fully saturated rings. The van der Waals surface area contributed by atoms with Gasteiger partial charge in [0.15, 0.2) is 0 Å². The van der Waals surface area contributed by atoms with Crippen LogP contribution < -0.4 is 14.8 Å². The number of aliphatic hydroxyl groups excluding tert-OH is 1. The molecule has 0 amide bonds. The van der Waals surface area contributed by atoms with Crippen LogP contribution in [0, 0.1) is 17.2 Å². The summed E-state index contributed by atoms with van der Waals surface area (Å²) in [5.74, 6) is 0.991. The van der Waals surface area contributed by atoms with Crippen LogP contribution in [0.2, 0.25) is 0 Å². The van der Waals surface area contributed by atoms with E-state index in [1.54, 1.807) is 48.7 Å². The van der Waals surface area contributed by atoms with Crippen molar-refractivity contribution < 1.29 is 18.3 Å². The maximum absolute atomic E-state index is 12.1. The molecular weight excluding hydrogens is 454 g/mol. The third kappa shape index (κ3) is 7.25.